The lowest BCUT2D eigenvalue weighted by Crippen LogP contribution is -2.25. The van der Waals surface area contributed by atoms with Crippen LogP contribution in [-0.2, 0) is 0 Å². The molecule has 0 aromatic heterocycles. The van der Waals surface area contributed by atoms with E-state index in [1.165, 1.54) is 63.5 Å². The molecule has 2 heteroatoms. The molecule has 2 aliphatic carbocycles. The summed E-state index contributed by atoms with van der Waals surface area (Å²) < 4.78 is 27.3. The second-order valence-electron chi connectivity index (χ2n) is 7.85. The third-order valence-electron chi connectivity index (χ3n) is 6.10. The van der Waals surface area contributed by atoms with Crippen molar-refractivity contribution >= 4 is 0 Å². The Balaban J connectivity index is 1.64. The van der Waals surface area contributed by atoms with E-state index in [4.69, 9.17) is 0 Å². The fourth-order valence-electron chi connectivity index (χ4n) is 4.72. The van der Waals surface area contributed by atoms with Crippen LogP contribution in [0.25, 0.3) is 0 Å². The highest BCUT2D eigenvalue weighted by molar-refractivity contribution is 5.32. The highest BCUT2D eigenvalue weighted by atomic mass is 19.1. The molecule has 1 fully saturated rings. The molecule has 2 atom stereocenters. The Hall–Kier alpha value is -1.44. The zero-order valence-electron chi connectivity index (χ0n) is 15.3. The maximum atomic E-state index is 13.7. The molecule has 1 saturated carbocycles. The fourth-order valence-corrected chi connectivity index (χ4v) is 4.72. The van der Waals surface area contributed by atoms with Crippen molar-refractivity contribution < 1.29 is 8.78 Å². The monoisotopic (exact) mass is 344 g/mol. The van der Waals surface area contributed by atoms with Crippen LogP contribution >= 0.6 is 0 Å². The summed E-state index contributed by atoms with van der Waals surface area (Å²) in [4.78, 5) is 0. The van der Waals surface area contributed by atoms with E-state index in [9.17, 15) is 8.78 Å². The molecule has 0 saturated heterocycles. The Labute approximate surface area is 151 Å². The van der Waals surface area contributed by atoms with Crippen molar-refractivity contribution in [3.05, 3.63) is 59.7 Å². The van der Waals surface area contributed by atoms with Crippen LogP contribution in [0.3, 0.4) is 0 Å². The number of unbranched alkanes of at least 4 members (excludes halogenated alkanes) is 2. The van der Waals surface area contributed by atoms with Crippen LogP contribution in [0.2, 0.25) is 0 Å². The molecule has 0 bridgehead atoms. The Morgan fingerprint density at radius 2 is 1.56 bits per heavy atom. The maximum absolute atomic E-state index is 13.7. The zero-order chi connectivity index (χ0) is 17.6. The molecule has 0 amide bonds. The van der Waals surface area contributed by atoms with Gasteiger partial charge in [0.15, 0.2) is 0 Å². The minimum Gasteiger partial charge on any atom is -0.207 e. The predicted molar refractivity (Wildman–Crippen MR) is 100 cm³/mol. The van der Waals surface area contributed by atoms with E-state index in [2.05, 4.69) is 25.2 Å². The molecule has 0 aliphatic heterocycles. The summed E-state index contributed by atoms with van der Waals surface area (Å²) in [6, 6.07) is 3.96. The molecular weight excluding hydrogens is 314 g/mol. The van der Waals surface area contributed by atoms with Crippen molar-refractivity contribution in [3.8, 4) is 0 Å². The van der Waals surface area contributed by atoms with Crippen molar-refractivity contribution in [2.75, 3.05) is 0 Å². The van der Waals surface area contributed by atoms with E-state index in [-0.39, 0.29) is 5.92 Å². The van der Waals surface area contributed by atoms with Crippen LogP contribution < -0.4 is 0 Å². The van der Waals surface area contributed by atoms with Gasteiger partial charge in [-0.2, -0.15) is 0 Å². The minimum absolute atomic E-state index is 0.0943. The normalized spacial score (nSPS) is 29.1. The average Bonchev–Trinajstić information content (AvgIpc) is 2.62. The Bertz CT molecular complexity index is 588. The molecule has 0 heterocycles. The largest absolute Gasteiger partial charge is 0.207 e. The van der Waals surface area contributed by atoms with Gasteiger partial charge in [0.25, 0.3) is 0 Å². The molecule has 25 heavy (non-hydrogen) atoms. The first-order chi connectivity index (χ1) is 12.2. The van der Waals surface area contributed by atoms with Gasteiger partial charge in [0, 0.05) is 12.0 Å². The summed E-state index contributed by atoms with van der Waals surface area (Å²) in [7, 11) is 0. The quantitative estimate of drug-likeness (QED) is 0.480. The van der Waals surface area contributed by atoms with Crippen molar-refractivity contribution in [2.45, 2.75) is 64.2 Å². The highest BCUT2D eigenvalue weighted by Crippen LogP contribution is 2.43. The van der Waals surface area contributed by atoms with Gasteiger partial charge in [0.05, 0.1) is 0 Å². The Morgan fingerprint density at radius 3 is 2.24 bits per heavy atom. The Kier molecular flexibility index (Phi) is 6.45. The number of benzene rings is 1. The van der Waals surface area contributed by atoms with Gasteiger partial charge >= 0.3 is 0 Å². The maximum Gasteiger partial charge on any atom is 0.126 e. The average molecular weight is 344 g/mol. The fraction of sp³-hybridized carbons (Fsp3) is 0.565. The Morgan fingerprint density at radius 1 is 0.880 bits per heavy atom. The van der Waals surface area contributed by atoms with Crippen LogP contribution in [0.15, 0.2) is 42.5 Å². The lowest BCUT2D eigenvalue weighted by Gasteiger charge is -2.37. The summed E-state index contributed by atoms with van der Waals surface area (Å²) >= 11 is 0. The van der Waals surface area contributed by atoms with E-state index >= 15 is 0 Å². The lowest BCUT2D eigenvalue weighted by atomic mass is 9.68. The van der Waals surface area contributed by atoms with Crippen molar-refractivity contribution in [1.82, 2.24) is 0 Å². The molecule has 0 nitrogen and oxygen atoms in total. The first kappa shape index (κ1) is 18.4. The second-order valence-corrected chi connectivity index (χ2v) is 7.85. The van der Waals surface area contributed by atoms with Gasteiger partial charge < -0.3 is 0 Å². The van der Waals surface area contributed by atoms with Gasteiger partial charge in [-0.3, -0.25) is 0 Å². The second kappa shape index (κ2) is 8.78. The van der Waals surface area contributed by atoms with Crippen molar-refractivity contribution in [3.63, 3.8) is 0 Å². The molecule has 1 aromatic carbocycles. The van der Waals surface area contributed by atoms with E-state index in [0.717, 1.165) is 17.5 Å². The lowest BCUT2D eigenvalue weighted by molar-refractivity contribution is 0.209. The zero-order valence-corrected chi connectivity index (χ0v) is 15.3. The van der Waals surface area contributed by atoms with E-state index in [1.807, 2.05) is 6.08 Å². The van der Waals surface area contributed by atoms with Gasteiger partial charge in [-0.1, -0.05) is 69.8 Å². The standard InChI is InChI=1S/C23H30F2/c1-2-3-4-7-17-10-12-18(13-11-17)22-8-5-6-9-23(22)19-14-20(24)16-21(25)15-19/h5-6,8-9,14-18,22-23H,2-4,7,10-13H2,1H3. The molecule has 2 aliphatic rings. The van der Waals surface area contributed by atoms with Gasteiger partial charge in [-0.25, -0.2) is 8.78 Å². The molecule has 136 valence electrons. The van der Waals surface area contributed by atoms with Crippen LogP contribution in [0, 0.1) is 29.4 Å². The van der Waals surface area contributed by atoms with E-state index < -0.39 is 11.6 Å². The summed E-state index contributed by atoms with van der Waals surface area (Å²) in [5.41, 5.74) is 0.771. The predicted octanol–water partition coefficient (Wildman–Crippen LogP) is 7.18. The highest BCUT2D eigenvalue weighted by Gasteiger charge is 2.32. The first-order valence-corrected chi connectivity index (χ1v) is 9.98. The summed E-state index contributed by atoms with van der Waals surface area (Å²) in [6.07, 6.45) is 19.0. The smallest absolute Gasteiger partial charge is 0.126 e. The third-order valence-corrected chi connectivity index (χ3v) is 6.10. The molecule has 2 unspecified atom stereocenters. The molecule has 3 rings (SSSR count). The molecule has 0 radical (unpaired) electrons. The molecule has 1 aromatic rings. The van der Waals surface area contributed by atoms with Crippen LogP contribution in [-0.4, -0.2) is 0 Å². The van der Waals surface area contributed by atoms with Gasteiger partial charge in [-0.15, -0.1) is 0 Å². The topological polar surface area (TPSA) is 0 Å². The number of allylic oxidation sites excluding steroid dienone is 4. The van der Waals surface area contributed by atoms with Crippen molar-refractivity contribution in [1.29, 1.82) is 0 Å². The number of rotatable bonds is 6. The first-order valence-electron chi connectivity index (χ1n) is 9.98. The van der Waals surface area contributed by atoms with Crippen LogP contribution in [0.5, 0.6) is 0 Å². The SMILES string of the molecule is CCCCCC1CCC(C2C=CC=CC2c2cc(F)cc(F)c2)CC1. The van der Waals surface area contributed by atoms with Crippen LogP contribution in [0.4, 0.5) is 8.78 Å². The van der Waals surface area contributed by atoms with Crippen molar-refractivity contribution in [2.24, 2.45) is 17.8 Å². The third kappa shape index (κ3) is 4.80. The van der Waals surface area contributed by atoms with Gasteiger partial charge in [0.2, 0.25) is 0 Å². The summed E-state index contributed by atoms with van der Waals surface area (Å²) in [5, 5.41) is 0. The van der Waals surface area contributed by atoms with Crippen LogP contribution in [0.1, 0.15) is 69.8 Å². The van der Waals surface area contributed by atoms with Gasteiger partial charge in [0.1, 0.15) is 11.6 Å². The number of halogens is 2. The minimum atomic E-state index is -0.476. The van der Waals surface area contributed by atoms with E-state index in [1.54, 1.807) is 0 Å². The van der Waals surface area contributed by atoms with Gasteiger partial charge in [-0.05, 0) is 48.3 Å². The van der Waals surface area contributed by atoms with E-state index in [0.29, 0.717) is 11.8 Å². The molecule has 0 spiro atoms. The summed E-state index contributed by atoms with van der Waals surface area (Å²) in [6.45, 7) is 2.26. The number of hydrogen-bond acceptors (Lipinski definition) is 0. The number of hydrogen-bond donors (Lipinski definition) is 0. The molecule has 0 N–H and O–H groups in total. The summed E-state index contributed by atoms with van der Waals surface area (Å²) in [5.74, 6) is 1.02. The molecular formula is C23H30F2.